The van der Waals surface area contributed by atoms with Crippen LogP contribution >= 0.6 is 0 Å². The molecule has 25 heavy (non-hydrogen) atoms. The largest absolute Gasteiger partial charge is 0.349 e. The first kappa shape index (κ1) is 17.9. The van der Waals surface area contributed by atoms with E-state index in [0.29, 0.717) is 18.8 Å². The van der Waals surface area contributed by atoms with Crippen LogP contribution in [-0.2, 0) is 11.3 Å². The van der Waals surface area contributed by atoms with Crippen molar-refractivity contribution in [1.29, 1.82) is 0 Å². The van der Waals surface area contributed by atoms with Crippen LogP contribution in [0.2, 0.25) is 0 Å². The predicted octanol–water partition coefficient (Wildman–Crippen LogP) is -0.519. The number of carbonyl (C=O) groups is 2. The molecule has 3 heterocycles. The van der Waals surface area contributed by atoms with Crippen molar-refractivity contribution in [3.8, 4) is 0 Å². The molecule has 1 N–H and O–H groups in total. The summed E-state index contributed by atoms with van der Waals surface area (Å²) in [6, 6.07) is 1.73. The van der Waals surface area contributed by atoms with E-state index in [0.717, 1.165) is 45.7 Å². The van der Waals surface area contributed by atoms with E-state index in [1.54, 1.807) is 16.9 Å². The average molecular weight is 348 g/mol. The molecular formula is C17H28N6O2. The summed E-state index contributed by atoms with van der Waals surface area (Å²) in [7, 11) is 2.12. The van der Waals surface area contributed by atoms with Gasteiger partial charge in [0.25, 0.3) is 5.91 Å². The lowest BCUT2D eigenvalue weighted by molar-refractivity contribution is -0.132. The fraction of sp³-hybridized carbons (Fsp3) is 0.706. The summed E-state index contributed by atoms with van der Waals surface area (Å²) in [6.07, 6.45) is 2.68. The van der Waals surface area contributed by atoms with E-state index in [1.807, 2.05) is 11.8 Å². The molecule has 2 amide bonds. The molecule has 3 rings (SSSR count). The van der Waals surface area contributed by atoms with Gasteiger partial charge in [-0.3, -0.25) is 19.2 Å². The zero-order valence-corrected chi connectivity index (χ0v) is 15.1. The minimum absolute atomic E-state index is 0.0182. The first-order chi connectivity index (χ1) is 12.1. The Labute approximate surface area is 148 Å². The van der Waals surface area contributed by atoms with E-state index < -0.39 is 0 Å². The van der Waals surface area contributed by atoms with Crippen LogP contribution in [0.5, 0.6) is 0 Å². The standard InChI is InChI=1S/C17H28N6O2/c1-3-23-8-4-14(19-23)16(24)18-6-9-22-7-5-15(17(22)25)21-12-10-20(2)11-13-21/h4,8,15H,3,5-7,9-13H2,1-2H3,(H,18,24). The average Bonchev–Trinajstić information content (AvgIpc) is 3.23. The molecule has 2 saturated heterocycles. The number of likely N-dealkylation sites (tertiary alicyclic amines) is 1. The normalized spacial score (nSPS) is 22.6. The SMILES string of the molecule is CCn1ccc(C(=O)NCCN2CCC(N3CCN(C)CC3)C2=O)n1. The number of nitrogens with one attached hydrogen (secondary N) is 1. The Hall–Kier alpha value is -1.93. The highest BCUT2D eigenvalue weighted by atomic mass is 16.2. The Kier molecular flexibility index (Phi) is 5.70. The number of amides is 2. The van der Waals surface area contributed by atoms with E-state index in [4.69, 9.17) is 0 Å². The van der Waals surface area contributed by atoms with Crippen LogP contribution in [0.4, 0.5) is 0 Å². The van der Waals surface area contributed by atoms with Crippen LogP contribution in [0.3, 0.4) is 0 Å². The maximum absolute atomic E-state index is 12.6. The van der Waals surface area contributed by atoms with Crippen molar-refractivity contribution in [3.05, 3.63) is 18.0 Å². The number of piperazine rings is 1. The molecule has 1 aromatic rings. The van der Waals surface area contributed by atoms with E-state index in [9.17, 15) is 9.59 Å². The van der Waals surface area contributed by atoms with Crippen LogP contribution in [0, 0.1) is 0 Å². The number of aromatic nitrogens is 2. The Morgan fingerprint density at radius 2 is 2.04 bits per heavy atom. The van der Waals surface area contributed by atoms with Gasteiger partial charge in [0.05, 0.1) is 6.04 Å². The van der Waals surface area contributed by atoms with Gasteiger partial charge in [0.1, 0.15) is 5.69 Å². The lowest BCUT2D eigenvalue weighted by atomic mass is 10.2. The van der Waals surface area contributed by atoms with Gasteiger partial charge in [-0.2, -0.15) is 5.10 Å². The Morgan fingerprint density at radius 1 is 1.28 bits per heavy atom. The smallest absolute Gasteiger partial charge is 0.271 e. The van der Waals surface area contributed by atoms with Crippen LogP contribution in [0.15, 0.2) is 12.3 Å². The number of hydrogen-bond acceptors (Lipinski definition) is 5. The van der Waals surface area contributed by atoms with E-state index >= 15 is 0 Å². The molecule has 138 valence electrons. The quantitative estimate of drug-likeness (QED) is 0.749. The Balaban J connectivity index is 1.43. The third kappa shape index (κ3) is 4.19. The van der Waals surface area contributed by atoms with Gasteiger partial charge in [-0.15, -0.1) is 0 Å². The maximum Gasteiger partial charge on any atom is 0.271 e. The molecule has 0 saturated carbocycles. The number of likely N-dealkylation sites (N-methyl/N-ethyl adjacent to an activating group) is 1. The highest BCUT2D eigenvalue weighted by molar-refractivity contribution is 5.92. The number of carbonyl (C=O) groups excluding carboxylic acids is 2. The molecule has 0 bridgehead atoms. The third-order valence-corrected chi connectivity index (χ3v) is 5.11. The third-order valence-electron chi connectivity index (χ3n) is 5.11. The van der Waals surface area contributed by atoms with Gasteiger partial charge in [-0.05, 0) is 26.5 Å². The molecule has 8 nitrogen and oxygen atoms in total. The molecule has 0 radical (unpaired) electrons. The highest BCUT2D eigenvalue weighted by Crippen LogP contribution is 2.18. The molecule has 0 aromatic carbocycles. The van der Waals surface area contributed by atoms with Crippen molar-refractivity contribution in [2.45, 2.75) is 25.9 Å². The lowest BCUT2D eigenvalue weighted by Crippen LogP contribution is -2.51. The molecule has 1 aromatic heterocycles. The second-order valence-electron chi connectivity index (χ2n) is 6.78. The number of aryl methyl sites for hydroxylation is 1. The lowest BCUT2D eigenvalue weighted by Gasteiger charge is -2.35. The zero-order valence-electron chi connectivity index (χ0n) is 15.1. The van der Waals surface area contributed by atoms with Gasteiger partial charge >= 0.3 is 0 Å². The molecule has 1 unspecified atom stereocenters. The van der Waals surface area contributed by atoms with Crippen molar-refractivity contribution in [2.24, 2.45) is 0 Å². The number of rotatable bonds is 6. The minimum atomic E-state index is -0.186. The Bertz CT molecular complexity index is 608. The summed E-state index contributed by atoms with van der Waals surface area (Å²) >= 11 is 0. The fourth-order valence-electron chi connectivity index (χ4n) is 3.47. The monoisotopic (exact) mass is 348 g/mol. The maximum atomic E-state index is 12.6. The van der Waals surface area contributed by atoms with Gasteiger partial charge in [-0.25, -0.2) is 0 Å². The van der Waals surface area contributed by atoms with Crippen LogP contribution in [0.25, 0.3) is 0 Å². The van der Waals surface area contributed by atoms with Crippen molar-refractivity contribution < 1.29 is 9.59 Å². The molecule has 2 aliphatic rings. The molecule has 2 aliphatic heterocycles. The van der Waals surface area contributed by atoms with Crippen LogP contribution in [-0.4, -0.2) is 95.2 Å². The highest BCUT2D eigenvalue weighted by Gasteiger charge is 2.36. The first-order valence-corrected chi connectivity index (χ1v) is 9.11. The summed E-state index contributed by atoms with van der Waals surface area (Å²) in [5, 5.41) is 7.04. The van der Waals surface area contributed by atoms with Crippen molar-refractivity contribution >= 4 is 11.8 Å². The topological polar surface area (TPSA) is 73.7 Å². The van der Waals surface area contributed by atoms with Crippen LogP contribution in [0.1, 0.15) is 23.8 Å². The second-order valence-corrected chi connectivity index (χ2v) is 6.78. The summed E-state index contributed by atoms with van der Waals surface area (Å²) in [6.45, 7) is 8.45. The van der Waals surface area contributed by atoms with E-state index in [1.165, 1.54) is 0 Å². The summed E-state index contributed by atoms with van der Waals surface area (Å²) in [5.41, 5.74) is 0.421. The van der Waals surface area contributed by atoms with Crippen molar-refractivity contribution in [3.63, 3.8) is 0 Å². The Morgan fingerprint density at radius 3 is 2.72 bits per heavy atom. The van der Waals surface area contributed by atoms with Gasteiger partial charge in [0, 0.05) is 58.6 Å². The van der Waals surface area contributed by atoms with Gasteiger partial charge < -0.3 is 15.1 Å². The molecule has 1 atom stereocenters. The van der Waals surface area contributed by atoms with Crippen LogP contribution < -0.4 is 5.32 Å². The van der Waals surface area contributed by atoms with Gasteiger partial charge in [0.2, 0.25) is 5.91 Å². The van der Waals surface area contributed by atoms with Gasteiger partial charge in [-0.1, -0.05) is 0 Å². The first-order valence-electron chi connectivity index (χ1n) is 9.11. The minimum Gasteiger partial charge on any atom is -0.349 e. The van der Waals surface area contributed by atoms with E-state index in [-0.39, 0.29) is 17.9 Å². The number of hydrogen-bond donors (Lipinski definition) is 1. The van der Waals surface area contributed by atoms with Crippen molar-refractivity contribution in [2.75, 3.05) is 52.9 Å². The molecule has 0 spiro atoms. The predicted molar refractivity (Wildman–Crippen MR) is 94.3 cm³/mol. The molecule has 2 fully saturated rings. The number of nitrogens with zero attached hydrogens (tertiary/aromatic N) is 5. The summed E-state index contributed by atoms with van der Waals surface area (Å²) in [4.78, 5) is 31.2. The van der Waals surface area contributed by atoms with Gasteiger partial charge in [0.15, 0.2) is 0 Å². The summed E-state index contributed by atoms with van der Waals surface area (Å²) < 4.78 is 1.72. The zero-order chi connectivity index (χ0) is 17.8. The second kappa shape index (κ2) is 7.97. The fourth-order valence-corrected chi connectivity index (χ4v) is 3.47. The molecule has 8 heteroatoms. The molecule has 0 aliphatic carbocycles. The van der Waals surface area contributed by atoms with E-state index in [2.05, 4.69) is 27.3 Å². The molecular weight excluding hydrogens is 320 g/mol. The summed E-state index contributed by atoms with van der Waals surface area (Å²) in [5.74, 6) is 0.0172. The van der Waals surface area contributed by atoms with Crippen molar-refractivity contribution in [1.82, 2.24) is 29.8 Å².